The van der Waals surface area contributed by atoms with Crippen LogP contribution < -0.4 is 10.1 Å². The van der Waals surface area contributed by atoms with Crippen molar-refractivity contribution in [3.05, 3.63) is 57.0 Å². The molecule has 2 rings (SSSR count). The number of nitrogens with zero attached hydrogens (tertiary/aromatic N) is 1. The smallest absolute Gasteiger partial charge is 0.123 e. The van der Waals surface area contributed by atoms with Crippen molar-refractivity contribution in [1.29, 1.82) is 5.26 Å². The zero-order valence-electron chi connectivity index (χ0n) is 10.8. The fraction of sp³-hybridized carbons (Fsp3) is 0.133. The molecule has 0 aliphatic rings. The minimum Gasteiger partial charge on any atom is -0.496 e. The molecular formula is C15H12BrClN2O. The van der Waals surface area contributed by atoms with Crippen LogP contribution in [0.25, 0.3) is 0 Å². The van der Waals surface area contributed by atoms with Crippen LogP contribution in [0.4, 0.5) is 5.69 Å². The van der Waals surface area contributed by atoms with Crippen LogP contribution in [0, 0.1) is 11.3 Å². The summed E-state index contributed by atoms with van der Waals surface area (Å²) in [7, 11) is 1.61. The summed E-state index contributed by atoms with van der Waals surface area (Å²) in [6.45, 7) is 0.562. The Bertz CT molecular complexity index is 667. The van der Waals surface area contributed by atoms with Crippen molar-refractivity contribution in [3.63, 3.8) is 0 Å². The van der Waals surface area contributed by atoms with Gasteiger partial charge in [-0.05, 0) is 52.3 Å². The van der Waals surface area contributed by atoms with Gasteiger partial charge in [-0.25, -0.2) is 0 Å². The summed E-state index contributed by atoms with van der Waals surface area (Å²) in [4.78, 5) is 0. The number of benzene rings is 2. The van der Waals surface area contributed by atoms with Gasteiger partial charge < -0.3 is 10.1 Å². The first-order valence-corrected chi connectivity index (χ1v) is 7.07. The summed E-state index contributed by atoms with van der Waals surface area (Å²) >= 11 is 9.34. The second-order valence-corrected chi connectivity index (χ2v) is 5.38. The van der Waals surface area contributed by atoms with Crippen LogP contribution in [0.15, 0.2) is 40.9 Å². The molecule has 0 amide bonds. The van der Waals surface area contributed by atoms with Gasteiger partial charge in [0.25, 0.3) is 0 Å². The van der Waals surface area contributed by atoms with Crippen LogP contribution in [0.1, 0.15) is 11.1 Å². The molecule has 0 aliphatic carbocycles. The minimum absolute atomic E-state index is 0.562. The third-order valence-corrected chi connectivity index (χ3v) is 4.03. The normalized spacial score (nSPS) is 9.90. The number of hydrogen-bond acceptors (Lipinski definition) is 3. The molecule has 102 valence electrons. The standard InChI is InChI=1S/C15H12BrClN2O/c1-20-15-5-2-10(8-18)6-11(15)9-19-12-3-4-14(17)13(16)7-12/h2-7,19H,9H2,1H3. The number of nitriles is 1. The van der Waals surface area contributed by atoms with Gasteiger partial charge in [-0.1, -0.05) is 11.6 Å². The van der Waals surface area contributed by atoms with Crippen LogP contribution in [0.5, 0.6) is 5.75 Å². The maximum absolute atomic E-state index is 8.95. The van der Waals surface area contributed by atoms with Gasteiger partial charge in [0.2, 0.25) is 0 Å². The van der Waals surface area contributed by atoms with E-state index in [1.165, 1.54) is 0 Å². The average molecular weight is 352 g/mol. The Morgan fingerprint density at radius 1 is 1.30 bits per heavy atom. The number of hydrogen-bond donors (Lipinski definition) is 1. The average Bonchev–Trinajstić information content (AvgIpc) is 2.48. The molecule has 0 radical (unpaired) electrons. The van der Waals surface area contributed by atoms with Crippen molar-refractivity contribution in [1.82, 2.24) is 0 Å². The molecule has 0 fully saturated rings. The van der Waals surface area contributed by atoms with Crippen molar-refractivity contribution < 1.29 is 4.74 Å². The van der Waals surface area contributed by atoms with Crippen LogP contribution >= 0.6 is 27.5 Å². The van der Waals surface area contributed by atoms with E-state index in [9.17, 15) is 0 Å². The zero-order chi connectivity index (χ0) is 14.5. The lowest BCUT2D eigenvalue weighted by molar-refractivity contribution is 0.410. The fourth-order valence-electron chi connectivity index (χ4n) is 1.79. The molecule has 1 N–H and O–H groups in total. The van der Waals surface area contributed by atoms with Crippen LogP contribution in [-0.2, 0) is 6.54 Å². The summed E-state index contributed by atoms with van der Waals surface area (Å²) in [5, 5.41) is 12.9. The largest absolute Gasteiger partial charge is 0.496 e. The highest BCUT2D eigenvalue weighted by Crippen LogP contribution is 2.27. The molecule has 5 heteroatoms. The van der Waals surface area contributed by atoms with E-state index in [1.54, 1.807) is 19.2 Å². The molecule has 0 saturated heterocycles. The Hall–Kier alpha value is -1.70. The minimum atomic E-state index is 0.562. The molecule has 0 unspecified atom stereocenters. The van der Waals surface area contributed by atoms with Gasteiger partial charge in [-0.3, -0.25) is 0 Å². The molecule has 0 atom stereocenters. The third kappa shape index (κ3) is 3.44. The Labute approximate surface area is 131 Å². The number of nitrogens with one attached hydrogen (secondary N) is 1. The first kappa shape index (κ1) is 14.7. The van der Waals surface area contributed by atoms with E-state index in [-0.39, 0.29) is 0 Å². The topological polar surface area (TPSA) is 45.0 Å². The van der Waals surface area contributed by atoms with E-state index in [4.69, 9.17) is 21.6 Å². The maximum atomic E-state index is 8.95. The highest BCUT2D eigenvalue weighted by atomic mass is 79.9. The first-order chi connectivity index (χ1) is 9.63. The number of rotatable bonds is 4. The van der Waals surface area contributed by atoms with Crippen molar-refractivity contribution in [2.75, 3.05) is 12.4 Å². The molecule has 20 heavy (non-hydrogen) atoms. The lowest BCUT2D eigenvalue weighted by atomic mass is 10.1. The molecule has 0 bridgehead atoms. The van der Waals surface area contributed by atoms with Gasteiger partial charge in [0.05, 0.1) is 23.8 Å². The summed E-state index contributed by atoms with van der Waals surface area (Å²) in [6, 6.07) is 13.1. The Morgan fingerprint density at radius 3 is 2.75 bits per heavy atom. The predicted octanol–water partition coefficient (Wildman–Crippen LogP) is 4.59. The van der Waals surface area contributed by atoms with Crippen LogP contribution in [0.3, 0.4) is 0 Å². The molecule has 0 aliphatic heterocycles. The molecular weight excluding hydrogens is 340 g/mol. The summed E-state index contributed by atoms with van der Waals surface area (Å²) < 4.78 is 6.13. The van der Waals surface area contributed by atoms with Crippen LogP contribution in [0.2, 0.25) is 5.02 Å². The number of methoxy groups -OCH3 is 1. The molecule has 2 aromatic carbocycles. The van der Waals surface area contributed by atoms with Gasteiger partial charge in [0, 0.05) is 22.3 Å². The zero-order valence-corrected chi connectivity index (χ0v) is 13.1. The monoisotopic (exact) mass is 350 g/mol. The highest BCUT2D eigenvalue weighted by Gasteiger charge is 2.05. The number of anilines is 1. The maximum Gasteiger partial charge on any atom is 0.123 e. The molecule has 0 saturated carbocycles. The fourth-order valence-corrected chi connectivity index (χ4v) is 2.29. The second kappa shape index (κ2) is 6.65. The Kier molecular flexibility index (Phi) is 4.89. The van der Waals surface area contributed by atoms with Gasteiger partial charge in [0.1, 0.15) is 5.75 Å². The Balaban J connectivity index is 2.17. The molecule has 0 aromatic heterocycles. The van der Waals surface area contributed by atoms with Crippen LogP contribution in [-0.4, -0.2) is 7.11 Å². The number of ether oxygens (including phenoxy) is 1. The molecule has 2 aromatic rings. The quantitative estimate of drug-likeness (QED) is 0.876. The Morgan fingerprint density at radius 2 is 2.10 bits per heavy atom. The predicted molar refractivity (Wildman–Crippen MR) is 84.2 cm³/mol. The van der Waals surface area contributed by atoms with Gasteiger partial charge >= 0.3 is 0 Å². The lowest BCUT2D eigenvalue weighted by Gasteiger charge is -2.11. The van der Waals surface area contributed by atoms with E-state index in [0.717, 1.165) is 21.5 Å². The molecule has 0 spiro atoms. The van der Waals surface area contributed by atoms with Crippen molar-refractivity contribution >= 4 is 33.2 Å². The summed E-state index contributed by atoms with van der Waals surface area (Å²) in [5.74, 6) is 0.754. The summed E-state index contributed by atoms with van der Waals surface area (Å²) in [5.41, 5.74) is 2.48. The first-order valence-electron chi connectivity index (χ1n) is 5.90. The van der Waals surface area contributed by atoms with Crippen molar-refractivity contribution in [3.8, 4) is 11.8 Å². The van der Waals surface area contributed by atoms with Crippen molar-refractivity contribution in [2.24, 2.45) is 0 Å². The van der Waals surface area contributed by atoms with E-state index < -0.39 is 0 Å². The van der Waals surface area contributed by atoms with Gasteiger partial charge in [-0.15, -0.1) is 0 Å². The van der Waals surface area contributed by atoms with E-state index in [0.29, 0.717) is 17.1 Å². The lowest BCUT2D eigenvalue weighted by Crippen LogP contribution is -2.02. The van der Waals surface area contributed by atoms with E-state index >= 15 is 0 Å². The van der Waals surface area contributed by atoms with E-state index in [2.05, 4.69) is 27.3 Å². The highest BCUT2D eigenvalue weighted by molar-refractivity contribution is 9.10. The second-order valence-electron chi connectivity index (χ2n) is 4.12. The molecule has 0 heterocycles. The number of halogens is 2. The van der Waals surface area contributed by atoms with Gasteiger partial charge in [0.15, 0.2) is 0 Å². The summed E-state index contributed by atoms with van der Waals surface area (Å²) in [6.07, 6.45) is 0. The SMILES string of the molecule is COc1ccc(C#N)cc1CNc1ccc(Cl)c(Br)c1. The van der Waals surface area contributed by atoms with Gasteiger partial charge in [-0.2, -0.15) is 5.26 Å². The third-order valence-electron chi connectivity index (χ3n) is 2.81. The van der Waals surface area contributed by atoms with E-state index in [1.807, 2.05) is 24.3 Å². The van der Waals surface area contributed by atoms with Crippen molar-refractivity contribution in [2.45, 2.75) is 6.54 Å². The molecule has 3 nitrogen and oxygen atoms in total.